The largest absolute Gasteiger partial charge is 0.481 e. The van der Waals surface area contributed by atoms with Gasteiger partial charge in [0.1, 0.15) is 13.0 Å². The summed E-state index contributed by atoms with van der Waals surface area (Å²) in [5.74, 6) is -0.504. The number of cyclic esters (lactones) is 1. The Hall–Kier alpha value is -1.85. The molecule has 5 atom stereocenters. The van der Waals surface area contributed by atoms with Crippen molar-refractivity contribution < 1.29 is 29.0 Å². The fourth-order valence-electron chi connectivity index (χ4n) is 5.96. The molecule has 0 bridgehead atoms. The van der Waals surface area contributed by atoms with Crippen LogP contribution in [0.5, 0.6) is 0 Å². The van der Waals surface area contributed by atoms with Gasteiger partial charge in [0.25, 0.3) is 0 Å². The fourth-order valence-corrected chi connectivity index (χ4v) is 5.96. The predicted molar refractivity (Wildman–Crippen MR) is 107 cm³/mol. The van der Waals surface area contributed by atoms with Crippen molar-refractivity contribution in [3.63, 3.8) is 0 Å². The van der Waals surface area contributed by atoms with Crippen LogP contribution in [0.3, 0.4) is 0 Å². The van der Waals surface area contributed by atoms with Crippen LogP contribution in [-0.2, 0) is 23.9 Å². The molecule has 2 aliphatic carbocycles. The van der Waals surface area contributed by atoms with E-state index >= 15 is 0 Å². The molecule has 1 heterocycles. The minimum absolute atomic E-state index is 0.0911. The smallest absolute Gasteiger partial charge is 0.334 e. The van der Waals surface area contributed by atoms with Crippen LogP contribution in [-0.4, -0.2) is 36.2 Å². The highest BCUT2D eigenvalue weighted by Crippen LogP contribution is 2.63. The summed E-state index contributed by atoms with van der Waals surface area (Å²) in [5, 5.41) is 8.61. The molecule has 2 fully saturated rings. The van der Waals surface area contributed by atoms with E-state index in [0.29, 0.717) is 24.4 Å². The molecule has 1 N–H and O–H groups in total. The number of ether oxygens (including phenoxy) is 2. The summed E-state index contributed by atoms with van der Waals surface area (Å²) in [6.45, 7) is 7.71. The van der Waals surface area contributed by atoms with Crippen LogP contribution in [0.2, 0.25) is 0 Å². The van der Waals surface area contributed by atoms with Gasteiger partial charge in [-0.1, -0.05) is 33.3 Å². The van der Waals surface area contributed by atoms with Crippen molar-refractivity contribution in [2.75, 3.05) is 13.2 Å². The zero-order chi connectivity index (χ0) is 21.2. The van der Waals surface area contributed by atoms with Crippen molar-refractivity contribution in [1.82, 2.24) is 0 Å². The summed E-state index contributed by atoms with van der Waals surface area (Å²) < 4.78 is 10.6. The highest BCUT2D eigenvalue weighted by atomic mass is 16.5. The Bertz CT molecular complexity index is 697. The molecule has 0 radical (unpaired) electrons. The third-order valence-corrected chi connectivity index (χ3v) is 7.98. The number of aliphatic carboxylic acids is 1. The van der Waals surface area contributed by atoms with Crippen molar-refractivity contribution in [1.29, 1.82) is 0 Å². The molecule has 1 saturated heterocycles. The molecule has 162 valence electrons. The molecule has 1 spiro atoms. The first-order chi connectivity index (χ1) is 13.7. The Morgan fingerprint density at radius 2 is 2.10 bits per heavy atom. The van der Waals surface area contributed by atoms with Gasteiger partial charge in [-0.3, -0.25) is 9.59 Å². The lowest BCUT2D eigenvalue weighted by atomic mass is 9.46. The molecule has 1 saturated carbocycles. The second-order valence-electron chi connectivity index (χ2n) is 9.65. The van der Waals surface area contributed by atoms with Crippen molar-refractivity contribution in [2.24, 2.45) is 28.6 Å². The standard InChI is InChI=1S/C23H34O6/c1-15(9-12-28-20(26)13-19(24)25)7-10-22(3)16(2)8-11-23-14-29-21(27)17(23)5-4-6-18(22)23/h5,15-16,18H,4,6-14H2,1-3H3,(H,24,25). The number of carbonyl (C=O) groups is 3. The molecule has 3 aliphatic rings. The summed E-state index contributed by atoms with van der Waals surface area (Å²) >= 11 is 0. The predicted octanol–water partition coefficient (Wildman–Crippen LogP) is 4.13. The topological polar surface area (TPSA) is 89.9 Å². The van der Waals surface area contributed by atoms with Crippen LogP contribution in [0.15, 0.2) is 11.6 Å². The highest BCUT2D eigenvalue weighted by Gasteiger charge is 2.60. The molecule has 0 aromatic rings. The van der Waals surface area contributed by atoms with Crippen LogP contribution >= 0.6 is 0 Å². The SMILES string of the molecule is CC(CCOC(=O)CC(=O)O)CCC1(C)C(C)CCC23COC(=O)C2=CCCC31. The quantitative estimate of drug-likeness (QED) is 0.482. The maximum absolute atomic E-state index is 12.3. The van der Waals surface area contributed by atoms with Crippen LogP contribution in [0.4, 0.5) is 0 Å². The van der Waals surface area contributed by atoms with E-state index < -0.39 is 18.4 Å². The van der Waals surface area contributed by atoms with Gasteiger partial charge in [-0.2, -0.15) is 0 Å². The van der Waals surface area contributed by atoms with Gasteiger partial charge in [0.05, 0.1) is 6.61 Å². The number of esters is 2. The molecule has 0 aromatic carbocycles. The fraction of sp³-hybridized carbons (Fsp3) is 0.783. The maximum Gasteiger partial charge on any atom is 0.334 e. The lowest BCUT2D eigenvalue weighted by Gasteiger charge is -2.56. The lowest BCUT2D eigenvalue weighted by molar-refractivity contribution is -0.151. The number of hydrogen-bond acceptors (Lipinski definition) is 5. The molecule has 6 heteroatoms. The van der Waals surface area contributed by atoms with Crippen LogP contribution < -0.4 is 0 Å². The molecule has 5 unspecified atom stereocenters. The van der Waals surface area contributed by atoms with E-state index in [1.165, 1.54) is 0 Å². The van der Waals surface area contributed by atoms with Crippen LogP contribution in [0.1, 0.15) is 72.1 Å². The monoisotopic (exact) mass is 406 g/mol. The minimum Gasteiger partial charge on any atom is -0.481 e. The Morgan fingerprint density at radius 3 is 2.83 bits per heavy atom. The molecule has 0 aromatic heterocycles. The molecule has 6 nitrogen and oxygen atoms in total. The van der Waals surface area contributed by atoms with Gasteiger partial charge in [0, 0.05) is 11.0 Å². The van der Waals surface area contributed by atoms with Gasteiger partial charge < -0.3 is 14.6 Å². The molecule has 1 aliphatic heterocycles. The normalized spacial score (nSPS) is 34.4. The van der Waals surface area contributed by atoms with E-state index in [1.807, 2.05) is 0 Å². The van der Waals surface area contributed by atoms with Gasteiger partial charge in [-0.15, -0.1) is 0 Å². The van der Waals surface area contributed by atoms with Crippen LogP contribution in [0.25, 0.3) is 0 Å². The van der Waals surface area contributed by atoms with E-state index in [4.69, 9.17) is 14.6 Å². The van der Waals surface area contributed by atoms with E-state index in [9.17, 15) is 14.4 Å². The Balaban J connectivity index is 1.59. The number of hydrogen-bond donors (Lipinski definition) is 1. The number of allylic oxidation sites excluding steroid dienone is 1. The van der Waals surface area contributed by atoms with Crippen molar-refractivity contribution in [2.45, 2.75) is 72.1 Å². The van der Waals surface area contributed by atoms with E-state index in [1.54, 1.807) is 0 Å². The van der Waals surface area contributed by atoms with Crippen molar-refractivity contribution in [3.8, 4) is 0 Å². The molecule has 3 rings (SSSR count). The van der Waals surface area contributed by atoms with E-state index in [0.717, 1.165) is 50.5 Å². The number of carboxylic acids is 1. The number of rotatable bonds is 8. The summed E-state index contributed by atoms with van der Waals surface area (Å²) in [4.78, 5) is 34.2. The second-order valence-corrected chi connectivity index (χ2v) is 9.65. The number of carboxylic acid groups (broad SMARTS) is 1. The Kier molecular flexibility index (Phi) is 6.39. The van der Waals surface area contributed by atoms with Crippen molar-refractivity contribution >= 4 is 17.9 Å². The Labute approximate surface area is 173 Å². The molecular formula is C23H34O6. The summed E-state index contributed by atoms with van der Waals surface area (Å²) in [5.41, 5.74) is 0.997. The molecule has 0 amide bonds. The van der Waals surface area contributed by atoms with Gasteiger partial charge in [0.15, 0.2) is 0 Å². The lowest BCUT2D eigenvalue weighted by Crippen LogP contribution is -2.51. The summed E-state index contributed by atoms with van der Waals surface area (Å²) in [7, 11) is 0. The average molecular weight is 407 g/mol. The van der Waals surface area contributed by atoms with Crippen LogP contribution in [0, 0.1) is 28.6 Å². The first-order valence-corrected chi connectivity index (χ1v) is 10.9. The van der Waals surface area contributed by atoms with Gasteiger partial charge in [0.2, 0.25) is 0 Å². The zero-order valence-electron chi connectivity index (χ0n) is 17.9. The third kappa shape index (κ3) is 4.22. The van der Waals surface area contributed by atoms with Gasteiger partial charge in [-0.25, -0.2) is 4.79 Å². The first-order valence-electron chi connectivity index (χ1n) is 10.9. The zero-order valence-corrected chi connectivity index (χ0v) is 17.9. The van der Waals surface area contributed by atoms with Crippen molar-refractivity contribution in [3.05, 3.63) is 11.6 Å². The molecule has 29 heavy (non-hydrogen) atoms. The molecular weight excluding hydrogens is 372 g/mol. The Morgan fingerprint density at radius 1 is 1.34 bits per heavy atom. The second kappa shape index (κ2) is 8.49. The van der Waals surface area contributed by atoms with E-state index in [2.05, 4.69) is 26.8 Å². The van der Waals surface area contributed by atoms with Gasteiger partial charge >= 0.3 is 17.9 Å². The highest BCUT2D eigenvalue weighted by molar-refractivity contribution is 5.92. The summed E-state index contributed by atoms with van der Waals surface area (Å²) in [6, 6.07) is 0. The summed E-state index contributed by atoms with van der Waals surface area (Å²) in [6.07, 6.45) is 8.60. The average Bonchev–Trinajstić information content (AvgIpc) is 2.99. The third-order valence-electron chi connectivity index (χ3n) is 7.98. The van der Waals surface area contributed by atoms with Gasteiger partial charge in [-0.05, 0) is 61.7 Å². The first kappa shape index (κ1) is 21.8. The maximum atomic E-state index is 12.3. The number of carbonyl (C=O) groups excluding carboxylic acids is 2. The minimum atomic E-state index is -1.16. The van der Waals surface area contributed by atoms with E-state index in [-0.39, 0.29) is 23.4 Å².